The van der Waals surface area contributed by atoms with Crippen LogP contribution in [0.1, 0.15) is 46.4 Å². The molecular formula is C21H32N4O. The van der Waals surface area contributed by atoms with E-state index >= 15 is 0 Å². The zero-order valence-electron chi connectivity index (χ0n) is 16.8. The molecule has 0 spiro atoms. The molecule has 0 saturated carbocycles. The molecule has 0 N–H and O–H groups in total. The molecule has 0 radical (unpaired) electrons. The molecule has 1 amide bonds. The first-order chi connectivity index (χ1) is 12.4. The fourth-order valence-corrected chi connectivity index (χ4v) is 4.25. The maximum atomic E-state index is 13.1. The van der Waals surface area contributed by atoms with Crippen molar-refractivity contribution in [2.75, 3.05) is 13.1 Å². The fraction of sp³-hybridized carbons (Fsp3) is 0.619. The topological polar surface area (TPSA) is 41.4 Å². The van der Waals surface area contributed by atoms with Gasteiger partial charge in [-0.3, -0.25) is 9.69 Å². The zero-order chi connectivity index (χ0) is 18.8. The molecule has 1 aromatic heterocycles. The molecule has 1 aromatic carbocycles. The van der Waals surface area contributed by atoms with Crippen LogP contribution in [0.25, 0.3) is 11.0 Å². The third-order valence-electron chi connectivity index (χ3n) is 5.47. The van der Waals surface area contributed by atoms with Crippen molar-refractivity contribution in [1.29, 1.82) is 0 Å². The van der Waals surface area contributed by atoms with Crippen molar-refractivity contribution in [2.24, 2.45) is 13.0 Å². The van der Waals surface area contributed by atoms with Crippen LogP contribution in [-0.2, 0) is 18.4 Å². The number of imidazole rings is 1. The van der Waals surface area contributed by atoms with Crippen molar-refractivity contribution in [2.45, 2.75) is 59.2 Å². The lowest BCUT2D eigenvalue weighted by Crippen LogP contribution is -2.49. The number of piperidine rings is 1. The fourth-order valence-electron chi connectivity index (χ4n) is 4.25. The lowest BCUT2D eigenvalue weighted by atomic mass is 9.95. The van der Waals surface area contributed by atoms with Crippen LogP contribution < -0.4 is 0 Å². The van der Waals surface area contributed by atoms with Gasteiger partial charge in [-0.05, 0) is 59.2 Å². The summed E-state index contributed by atoms with van der Waals surface area (Å²) in [5.74, 6) is 1.48. The van der Waals surface area contributed by atoms with Crippen molar-refractivity contribution >= 4 is 16.9 Å². The Bertz CT molecular complexity index is 756. The number of likely N-dealkylation sites (tertiary alicyclic amines) is 1. The van der Waals surface area contributed by atoms with Crippen LogP contribution in [0.15, 0.2) is 24.3 Å². The molecule has 26 heavy (non-hydrogen) atoms. The number of nitrogens with zero attached hydrogens (tertiary/aromatic N) is 4. The summed E-state index contributed by atoms with van der Waals surface area (Å²) in [5, 5.41) is 0. The van der Waals surface area contributed by atoms with E-state index in [0.717, 1.165) is 49.3 Å². The first-order valence-corrected chi connectivity index (χ1v) is 9.83. The summed E-state index contributed by atoms with van der Waals surface area (Å²) < 4.78 is 2.18. The Balaban J connectivity index is 1.72. The maximum absolute atomic E-state index is 13.1. The Morgan fingerprint density at radius 3 is 2.58 bits per heavy atom. The van der Waals surface area contributed by atoms with Gasteiger partial charge in [0.1, 0.15) is 5.82 Å². The minimum absolute atomic E-state index is 0.100. The van der Waals surface area contributed by atoms with E-state index in [4.69, 9.17) is 4.98 Å². The summed E-state index contributed by atoms with van der Waals surface area (Å²) in [5.41, 5.74) is 2.21. The lowest BCUT2D eigenvalue weighted by Gasteiger charge is -2.38. The van der Waals surface area contributed by atoms with Gasteiger partial charge in [-0.25, -0.2) is 4.98 Å². The number of carbonyl (C=O) groups excluding carboxylic acids is 1. The van der Waals surface area contributed by atoms with Crippen LogP contribution in [0.5, 0.6) is 0 Å². The Kier molecular flexibility index (Phi) is 5.66. The predicted octanol–water partition coefficient (Wildman–Crippen LogP) is 3.43. The van der Waals surface area contributed by atoms with Crippen LogP contribution in [0.3, 0.4) is 0 Å². The highest BCUT2D eigenvalue weighted by atomic mass is 16.2. The van der Waals surface area contributed by atoms with Gasteiger partial charge in [0.15, 0.2) is 0 Å². The predicted molar refractivity (Wildman–Crippen MR) is 106 cm³/mol. The van der Waals surface area contributed by atoms with E-state index in [9.17, 15) is 4.79 Å². The monoisotopic (exact) mass is 356 g/mol. The van der Waals surface area contributed by atoms with Crippen molar-refractivity contribution < 1.29 is 4.79 Å². The van der Waals surface area contributed by atoms with Crippen molar-refractivity contribution in [1.82, 2.24) is 19.4 Å². The molecule has 0 bridgehead atoms. The highest BCUT2D eigenvalue weighted by Gasteiger charge is 2.32. The summed E-state index contributed by atoms with van der Waals surface area (Å²) in [6.07, 6.45) is 2.07. The van der Waals surface area contributed by atoms with Gasteiger partial charge in [-0.15, -0.1) is 0 Å². The number of hydrogen-bond donors (Lipinski definition) is 0. The number of carbonyl (C=O) groups is 1. The van der Waals surface area contributed by atoms with E-state index in [1.807, 2.05) is 11.0 Å². The zero-order valence-corrected chi connectivity index (χ0v) is 16.8. The summed E-state index contributed by atoms with van der Waals surface area (Å²) in [4.78, 5) is 22.3. The number of rotatable bonds is 5. The molecule has 1 aliphatic rings. The second-order valence-corrected chi connectivity index (χ2v) is 8.08. The summed E-state index contributed by atoms with van der Waals surface area (Å²) >= 11 is 0. The van der Waals surface area contributed by atoms with Gasteiger partial charge < -0.3 is 9.47 Å². The number of amides is 1. The number of aryl methyl sites for hydroxylation is 1. The van der Waals surface area contributed by atoms with E-state index in [0.29, 0.717) is 5.91 Å². The van der Waals surface area contributed by atoms with Crippen LogP contribution >= 0.6 is 0 Å². The van der Waals surface area contributed by atoms with Gasteiger partial charge in [0.25, 0.3) is 0 Å². The quantitative estimate of drug-likeness (QED) is 0.824. The van der Waals surface area contributed by atoms with Gasteiger partial charge in [-0.1, -0.05) is 12.1 Å². The molecule has 2 heterocycles. The summed E-state index contributed by atoms with van der Waals surface area (Å²) in [6.45, 7) is 11.1. The van der Waals surface area contributed by atoms with Gasteiger partial charge in [0.2, 0.25) is 5.91 Å². The van der Waals surface area contributed by atoms with Gasteiger partial charge >= 0.3 is 0 Å². The highest BCUT2D eigenvalue weighted by molar-refractivity contribution is 5.79. The van der Waals surface area contributed by atoms with E-state index < -0.39 is 0 Å². The SMILES string of the molecule is CC(C)N(C(=O)[C@H]1CCCN(Cc2nc3ccccc3n2C)C1)C(C)C. The Labute approximate surface area is 157 Å². The number of benzene rings is 1. The molecule has 5 nitrogen and oxygen atoms in total. The number of aromatic nitrogens is 2. The molecule has 5 heteroatoms. The average Bonchev–Trinajstić information content (AvgIpc) is 2.91. The molecule has 2 aromatic rings. The molecule has 1 aliphatic heterocycles. The Morgan fingerprint density at radius 1 is 1.23 bits per heavy atom. The number of fused-ring (bicyclic) bond motifs is 1. The molecule has 0 unspecified atom stereocenters. The van der Waals surface area contributed by atoms with Crippen molar-refractivity contribution in [3.05, 3.63) is 30.1 Å². The number of para-hydroxylation sites is 2. The Morgan fingerprint density at radius 2 is 1.92 bits per heavy atom. The smallest absolute Gasteiger partial charge is 0.227 e. The minimum Gasteiger partial charge on any atom is -0.338 e. The third kappa shape index (κ3) is 3.78. The second kappa shape index (κ2) is 7.78. The molecule has 142 valence electrons. The molecule has 0 aliphatic carbocycles. The van der Waals surface area contributed by atoms with Crippen LogP contribution in [0.2, 0.25) is 0 Å². The largest absolute Gasteiger partial charge is 0.338 e. The molecule has 3 rings (SSSR count). The van der Waals surface area contributed by atoms with Crippen LogP contribution in [0.4, 0.5) is 0 Å². The van der Waals surface area contributed by atoms with Crippen LogP contribution in [0, 0.1) is 5.92 Å². The van der Waals surface area contributed by atoms with Crippen molar-refractivity contribution in [3.63, 3.8) is 0 Å². The summed E-state index contributed by atoms with van der Waals surface area (Å²) in [7, 11) is 2.08. The lowest BCUT2D eigenvalue weighted by molar-refractivity contribution is -0.141. The highest BCUT2D eigenvalue weighted by Crippen LogP contribution is 2.23. The van der Waals surface area contributed by atoms with Crippen LogP contribution in [-0.4, -0.2) is 50.4 Å². The molecular weight excluding hydrogens is 324 g/mol. The normalized spacial score (nSPS) is 18.8. The minimum atomic E-state index is 0.100. The van der Waals surface area contributed by atoms with E-state index in [-0.39, 0.29) is 18.0 Å². The Hall–Kier alpha value is -1.88. The molecule has 1 fully saturated rings. The van der Waals surface area contributed by atoms with E-state index in [2.05, 4.69) is 62.4 Å². The molecule has 1 atom stereocenters. The standard InChI is InChI=1S/C21H32N4O/c1-15(2)25(16(3)4)21(26)17-9-8-12-24(13-17)14-20-22-18-10-6-7-11-19(18)23(20)5/h6-7,10-11,15-17H,8-9,12-14H2,1-5H3/t17-/m0/s1. The van der Waals surface area contributed by atoms with Crippen molar-refractivity contribution in [3.8, 4) is 0 Å². The maximum Gasteiger partial charge on any atom is 0.227 e. The van der Waals surface area contributed by atoms with Gasteiger partial charge in [-0.2, -0.15) is 0 Å². The van der Waals surface area contributed by atoms with Gasteiger partial charge in [0, 0.05) is 25.7 Å². The summed E-state index contributed by atoms with van der Waals surface area (Å²) in [6, 6.07) is 8.74. The third-order valence-corrected chi connectivity index (χ3v) is 5.47. The van der Waals surface area contributed by atoms with Gasteiger partial charge in [0.05, 0.1) is 23.5 Å². The second-order valence-electron chi connectivity index (χ2n) is 8.08. The van der Waals surface area contributed by atoms with E-state index in [1.165, 1.54) is 0 Å². The first-order valence-electron chi connectivity index (χ1n) is 9.83. The van der Waals surface area contributed by atoms with E-state index in [1.54, 1.807) is 0 Å². The average molecular weight is 357 g/mol. The number of hydrogen-bond acceptors (Lipinski definition) is 3. The first kappa shape index (κ1) is 18.9. The molecule has 1 saturated heterocycles.